The molecule has 7 nitrogen and oxygen atoms in total. The number of hydrogen-bond acceptors (Lipinski definition) is 6. The number of carbonyl (C=O) groups is 1. The van der Waals surface area contributed by atoms with Gasteiger partial charge >= 0.3 is 5.97 Å². The molecule has 17 heavy (non-hydrogen) atoms. The summed E-state index contributed by atoms with van der Waals surface area (Å²) < 4.78 is 4.40. The molecule has 1 aromatic rings. The molecule has 90 valence electrons. The van der Waals surface area contributed by atoms with Crippen molar-refractivity contribution >= 4 is 17.4 Å². The highest BCUT2D eigenvalue weighted by molar-refractivity contribution is 6.36. The molecule has 0 fully saturated rings. The van der Waals surface area contributed by atoms with Crippen LogP contribution in [0.3, 0.4) is 0 Å². The van der Waals surface area contributed by atoms with Crippen molar-refractivity contribution in [2.75, 3.05) is 7.11 Å². The number of nitrogens with zero attached hydrogens (tertiary/aromatic N) is 2. The maximum Gasteiger partial charge on any atom is 0.356 e. The van der Waals surface area contributed by atoms with E-state index in [0.717, 1.165) is 0 Å². The van der Waals surface area contributed by atoms with Gasteiger partial charge in [-0.25, -0.2) is 4.79 Å². The second kappa shape index (κ2) is 5.59. The monoisotopic (exact) mass is 238 g/mol. The molecule has 0 heterocycles. The number of rotatable bonds is 4. The lowest BCUT2D eigenvalue weighted by molar-refractivity contribution is -0.384. The summed E-state index contributed by atoms with van der Waals surface area (Å²) in [5, 5.41) is 21.8. The van der Waals surface area contributed by atoms with Crippen LogP contribution in [0.25, 0.3) is 0 Å². The van der Waals surface area contributed by atoms with E-state index < -0.39 is 10.9 Å². The Bertz CT molecular complexity index is 452. The topological polar surface area (TPSA) is 102 Å². The standard InChI is InChI=1S/C10H10N2O5/c1-17-10(13)9(11-14)6-7-2-4-8(5-3-7)12(15)16/h2-5,14H,6H2,1H3/b11-9+. The number of esters is 1. The third-order valence-corrected chi connectivity index (χ3v) is 2.06. The lowest BCUT2D eigenvalue weighted by atomic mass is 10.1. The van der Waals surface area contributed by atoms with Crippen molar-refractivity contribution in [2.45, 2.75) is 6.42 Å². The van der Waals surface area contributed by atoms with E-state index in [1.54, 1.807) is 0 Å². The van der Waals surface area contributed by atoms with Crippen LogP contribution in [0.4, 0.5) is 5.69 Å². The Morgan fingerprint density at radius 2 is 2.06 bits per heavy atom. The van der Waals surface area contributed by atoms with Crippen LogP contribution in [0, 0.1) is 10.1 Å². The first-order valence-corrected chi connectivity index (χ1v) is 4.61. The molecular weight excluding hydrogens is 228 g/mol. The quantitative estimate of drug-likeness (QED) is 0.278. The second-order valence-electron chi connectivity index (χ2n) is 3.14. The normalized spacial score (nSPS) is 11.0. The highest BCUT2D eigenvalue weighted by atomic mass is 16.6. The Balaban J connectivity index is 2.82. The smallest absolute Gasteiger partial charge is 0.356 e. The molecule has 0 unspecified atom stereocenters. The van der Waals surface area contributed by atoms with Gasteiger partial charge in [0, 0.05) is 18.6 Å². The van der Waals surface area contributed by atoms with Gasteiger partial charge in [0.2, 0.25) is 0 Å². The van der Waals surface area contributed by atoms with Gasteiger partial charge in [0.15, 0.2) is 5.71 Å². The predicted octanol–water partition coefficient (Wildman–Crippen LogP) is 1.14. The van der Waals surface area contributed by atoms with Crippen molar-refractivity contribution in [1.82, 2.24) is 0 Å². The minimum absolute atomic E-state index is 0.0428. The van der Waals surface area contributed by atoms with E-state index in [0.29, 0.717) is 5.56 Å². The molecular formula is C10H10N2O5. The average Bonchev–Trinajstić information content (AvgIpc) is 2.35. The van der Waals surface area contributed by atoms with E-state index >= 15 is 0 Å². The van der Waals surface area contributed by atoms with E-state index in [4.69, 9.17) is 5.21 Å². The molecule has 0 radical (unpaired) electrons. The lowest BCUT2D eigenvalue weighted by Gasteiger charge is -2.02. The Hall–Kier alpha value is -2.44. The van der Waals surface area contributed by atoms with E-state index in [1.807, 2.05) is 0 Å². The number of methoxy groups -OCH3 is 1. The van der Waals surface area contributed by atoms with Crippen LogP contribution in [0.2, 0.25) is 0 Å². The Morgan fingerprint density at radius 1 is 1.47 bits per heavy atom. The number of carbonyl (C=O) groups excluding carboxylic acids is 1. The zero-order valence-electron chi connectivity index (χ0n) is 8.99. The zero-order valence-corrected chi connectivity index (χ0v) is 8.99. The summed E-state index contributed by atoms with van der Waals surface area (Å²) in [6, 6.07) is 5.57. The summed E-state index contributed by atoms with van der Waals surface area (Å²) in [7, 11) is 1.17. The van der Waals surface area contributed by atoms with Crippen LogP contribution in [0.15, 0.2) is 29.4 Å². The van der Waals surface area contributed by atoms with Crippen molar-refractivity contribution in [3.8, 4) is 0 Å². The van der Waals surface area contributed by atoms with Gasteiger partial charge in [-0.2, -0.15) is 0 Å². The van der Waals surface area contributed by atoms with Crippen LogP contribution in [-0.4, -0.2) is 28.9 Å². The molecule has 0 aliphatic carbocycles. The van der Waals surface area contributed by atoms with Gasteiger partial charge in [0.25, 0.3) is 5.69 Å². The fourth-order valence-corrected chi connectivity index (χ4v) is 1.20. The first-order chi connectivity index (χ1) is 8.08. The number of non-ortho nitro benzene ring substituents is 1. The molecule has 1 N–H and O–H groups in total. The van der Waals surface area contributed by atoms with Gasteiger partial charge in [-0.1, -0.05) is 17.3 Å². The Labute approximate surface area is 96.5 Å². The Morgan fingerprint density at radius 3 is 2.47 bits per heavy atom. The third-order valence-electron chi connectivity index (χ3n) is 2.06. The summed E-state index contributed by atoms with van der Waals surface area (Å²) in [6.07, 6.45) is 0.0428. The summed E-state index contributed by atoms with van der Waals surface area (Å²) in [6.45, 7) is 0. The van der Waals surface area contributed by atoms with Crippen LogP contribution in [0.5, 0.6) is 0 Å². The molecule has 0 bridgehead atoms. The van der Waals surface area contributed by atoms with E-state index in [9.17, 15) is 14.9 Å². The fraction of sp³-hybridized carbons (Fsp3) is 0.200. The highest BCUT2D eigenvalue weighted by Gasteiger charge is 2.14. The summed E-state index contributed by atoms with van der Waals surface area (Å²) in [5.41, 5.74) is 0.393. The van der Waals surface area contributed by atoms with E-state index in [1.165, 1.54) is 31.4 Å². The number of nitro groups is 1. The molecule has 0 saturated carbocycles. The molecule has 7 heteroatoms. The number of benzene rings is 1. The maximum absolute atomic E-state index is 11.1. The van der Waals surface area contributed by atoms with Crippen LogP contribution in [0.1, 0.15) is 5.56 Å². The van der Waals surface area contributed by atoms with Crippen molar-refractivity contribution < 1.29 is 19.7 Å². The molecule has 0 spiro atoms. The van der Waals surface area contributed by atoms with Gasteiger partial charge < -0.3 is 9.94 Å². The van der Waals surface area contributed by atoms with Crippen LogP contribution >= 0.6 is 0 Å². The number of nitro benzene ring substituents is 1. The zero-order chi connectivity index (χ0) is 12.8. The van der Waals surface area contributed by atoms with Crippen LogP contribution < -0.4 is 0 Å². The first kappa shape index (κ1) is 12.6. The van der Waals surface area contributed by atoms with E-state index in [-0.39, 0.29) is 17.8 Å². The second-order valence-corrected chi connectivity index (χ2v) is 3.14. The van der Waals surface area contributed by atoms with Gasteiger partial charge in [0.1, 0.15) is 0 Å². The van der Waals surface area contributed by atoms with Crippen LogP contribution in [-0.2, 0) is 16.0 Å². The van der Waals surface area contributed by atoms with Crippen molar-refractivity contribution in [3.63, 3.8) is 0 Å². The molecule has 0 aliphatic heterocycles. The third kappa shape index (κ3) is 3.26. The summed E-state index contributed by atoms with van der Waals surface area (Å²) in [4.78, 5) is 21.0. The number of hydrogen-bond donors (Lipinski definition) is 1. The molecule has 0 atom stereocenters. The molecule has 1 aromatic carbocycles. The SMILES string of the molecule is COC(=O)/C(Cc1ccc([N+](=O)[O-])cc1)=N/O. The maximum atomic E-state index is 11.1. The lowest BCUT2D eigenvalue weighted by Crippen LogP contribution is -2.18. The predicted molar refractivity (Wildman–Crippen MR) is 58.0 cm³/mol. The van der Waals surface area contributed by atoms with Gasteiger partial charge in [0.05, 0.1) is 12.0 Å². The number of oxime groups is 1. The molecule has 0 aromatic heterocycles. The first-order valence-electron chi connectivity index (χ1n) is 4.61. The van der Waals surface area contributed by atoms with Gasteiger partial charge in [-0.15, -0.1) is 0 Å². The van der Waals surface area contributed by atoms with Crippen molar-refractivity contribution in [1.29, 1.82) is 0 Å². The summed E-state index contributed by atoms with van der Waals surface area (Å²) >= 11 is 0. The highest BCUT2D eigenvalue weighted by Crippen LogP contribution is 2.12. The largest absolute Gasteiger partial charge is 0.464 e. The Kier molecular flexibility index (Phi) is 4.15. The molecule has 0 saturated heterocycles. The van der Waals surface area contributed by atoms with Gasteiger partial charge in [-0.05, 0) is 5.56 Å². The number of ether oxygens (including phenoxy) is 1. The van der Waals surface area contributed by atoms with Crippen molar-refractivity contribution in [3.05, 3.63) is 39.9 Å². The molecule has 0 amide bonds. The van der Waals surface area contributed by atoms with Crippen molar-refractivity contribution in [2.24, 2.45) is 5.16 Å². The minimum Gasteiger partial charge on any atom is -0.464 e. The fourth-order valence-electron chi connectivity index (χ4n) is 1.20. The summed E-state index contributed by atoms with van der Waals surface area (Å²) in [5.74, 6) is -0.745. The van der Waals surface area contributed by atoms with E-state index in [2.05, 4.69) is 9.89 Å². The minimum atomic E-state index is -0.745. The van der Waals surface area contributed by atoms with Gasteiger partial charge in [-0.3, -0.25) is 10.1 Å². The average molecular weight is 238 g/mol. The molecule has 1 rings (SSSR count). The molecule has 0 aliphatic rings.